The number of ether oxygens (including phenoxy) is 1. The Balaban J connectivity index is 2.30. The highest BCUT2D eigenvalue weighted by atomic mass is 35.5. The zero-order valence-electron chi connectivity index (χ0n) is 16.9. The van der Waals surface area contributed by atoms with Gasteiger partial charge in [-0.1, -0.05) is 47.6 Å². The van der Waals surface area contributed by atoms with E-state index in [0.717, 1.165) is 18.4 Å². The molecule has 0 radical (unpaired) electrons. The Hall–Kier alpha value is -2.52. The number of alkyl halides is 3. The molecule has 3 atom stereocenters. The van der Waals surface area contributed by atoms with Crippen LogP contribution in [-0.2, 0) is 9.53 Å². The van der Waals surface area contributed by atoms with Crippen LogP contribution in [-0.4, -0.2) is 41.6 Å². The molecule has 0 aliphatic carbocycles. The van der Waals surface area contributed by atoms with E-state index in [-0.39, 0.29) is 21.0 Å². The third kappa shape index (κ3) is 4.75. The molecular weight excluding hydrogens is 501 g/mol. The van der Waals surface area contributed by atoms with E-state index in [2.05, 4.69) is 4.74 Å². The van der Waals surface area contributed by atoms with Crippen LogP contribution in [0.5, 0.6) is 0 Å². The smallest absolute Gasteiger partial charge is 0.437 e. The molecule has 0 fully saturated rings. The second-order valence-corrected chi connectivity index (χ2v) is 9.27. The van der Waals surface area contributed by atoms with Crippen LogP contribution < -0.4 is 5.32 Å². The Morgan fingerprint density at radius 2 is 2.03 bits per heavy atom. The molecule has 2 N–H and O–H groups in total. The van der Waals surface area contributed by atoms with Crippen LogP contribution in [0.2, 0.25) is 5.02 Å². The van der Waals surface area contributed by atoms with Crippen molar-refractivity contribution in [2.24, 2.45) is 5.92 Å². The molecule has 2 aromatic rings. The highest BCUT2D eigenvalue weighted by Crippen LogP contribution is 2.52. The molecule has 33 heavy (non-hydrogen) atoms. The van der Waals surface area contributed by atoms with Crippen molar-refractivity contribution in [1.82, 2.24) is 5.32 Å². The Labute approximate surface area is 200 Å². The number of carbonyl (C=O) groups is 2. The van der Waals surface area contributed by atoms with Gasteiger partial charge in [0.15, 0.2) is 5.78 Å². The lowest BCUT2D eigenvalue weighted by atomic mass is 9.70. The van der Waals surface area contributed by atoms with Gasteiger partial charge in [0, 0.05) is 10.9 Å². The Morgan fingerprint density at radius 3 is 2.58 bits per heavy atom. The van der Waals surface area contributed by atoms with E-state index in [1.165, 1.54) is 35.7 Å². The molecule has 174 valence electrons. The average molecular weight is 517 g/mol. The zero-order valence-corrected chi connectivity index (χ0v) is 19.2. The third-order valence-electron chi connectivity index (χ3n) is 5.04. The maximum Gasteiger partial charge on any atom is 0.437 e. The van der Waals surface area contributed by atoms with Crippen LogP contribution in [0.3, 0.4) is 0 Å². The van der Waals surface area contributed by atoms with Gasteiger partial charge in [-0.3, -0.25) is 9.59 Å². The maximum absolute atomic E-state index is 14.3. The lowest BCUT2D eigenvalue weighted by molar-refractivity contribution is -0.285. The van der Waals surface area contributed by atoms with Gasteiger partial charge in [0.25, 0.3) is 0 Å². The monoisotopic (exact) mass is 516 g/mol. The van der Waals surface area contributed by atoms with Crippen molar-refractivity contribution in [2.75, 3.05) is 12.9 Å². The molecule has 1 aliphatic rings. The highest BCUT2D eigenvalue weighted by molar-refractivity contribution is 8.03. The van der Waals surface area contributed by atoms with E-state index >= 15 is 0 Å². The minimum Gasteiger partial charge on any atom is -0.468 e. The molecule has 2 heterocycles. The van der Waals surface area contributed by atoms with E-state index in [4.69, 9.17) is 11.6 Å². The highest BCUT2D eigenvalue weighted by Gasteiger charge is 2.66. The fraction of sp³-hybridized carbons (Fsp3) is 0.286. The molecular formula is C21H16ClF3N2O4S2. The number of ketones is 1. The summed E-state index contributed by atoms with van der Waals surface area (Å²) >= 11 is 7.74. The number of Topliss-reactive ketones (excluding diaryl/α,β-unsaturated/α-hetero) is 1. The summed E-state index contributed by atoms with van der Waals surface area (Å²) in [5, 5.41) is 24.0. The number of halogens is 4. The summed E-state index contributed by atoms with van der Waals surface area (Å²) in [6.45, 7) is 0. The van der Waals surface area contributed by atoms with Crippen molar-refractivity contribution in [1.29, 1.82) is 5.26 Å². The maximum atomic E-state index is 14.3. The van der Waals surface area contributed by atoms with Gasteiger partial charge in [0.2, 0.25) is 5.72 Å². The van der Waals surface area contributed by atoms with Gasteiger partial charge in [-0.15, -0.1) is 11.3 Å². The fourth-order valence-corrected chi connectivity index (χ4v) is 5.41. The molecule has 1 aliphatic heterocycles. The summed E-state index contributed by atoms with van der Waals surface area (Å²) in [4.78, 5) is 24.9. The number of esters is 1. The number of nitrogens with one attached hydrogen (secondary N) is 1. The summed E-state index contributed by atoms with van der Waals surface area (Å²) in [5.74, 6) is -5.92. The largest absolute Gasteiger partial charge is 0.468 e. The van der Waals surface area contributed by atoms with Crippen LogP contribution in [0.1, 0.15) is 21.2 Å². The molecule has 0 spiro atoms. The fourth-order valence-electron chi connectivity index (χ4n) is 3.51. The summed E-state index contributed by atoms with van der Waals surface area (Å²) < 4.78 is 47.5. The minimum atomic E-state index is -5.33. The molecule has 0 amide bonds. The second-order valence-electron chi connectivity index (χ2n) is 6.93. The van der Waals surface area contributed by atoms with Crippen LogP contribution >= 0.6 is 34.7 Å². The number of thioether (sulfide) groups is 1. The van der Waals surface area contributed by atoms with Gasteiger partial charge < -0.3 is 15.2 Å². The lowest BCUT2D eigenvalue weighted by Crippen LogP contribution is -2.66. The Bertz CT molecular complexity index is 1130. The first-order chi connectivity index (χ1) is 15.5. The van der Waals surface area contributed by atoms with Crippen molar-refractivity contribution in [3.63, 3.8) is 0 Å². The molecule has 3 unspecified atom stereocenters. The van der Waals surface area contributed by atoms with Gasteiger partial charge in [-0.05, 0) is 23.1 Å². The van der Waals surface area contributed by atoms with Gasteiger partial charge in [-0.2, -0.15) is 18.4 Å². The van der Waals surface area contributed by atoms with Crippen LogP contribution in [0.25, 0.3) is 0 Å². The summed E-state index contributed by atoms with van der Waals surface area (Å²) in [6, 6.07) is 10.5. The van der Waals surface area contributed by atoms with E-state index in [1.54, 1.807) is 6.07 Å². The number of nitrogens with zero attached hydrogens (tertiary/aromatic N) is 1. The first-order valence-corrected chi connectivity index (χ1v) is 11.5. The standard InChI is InChI=1S/C21H16ClF3N2O4S2/c1-31-15(28)10-33-19-12(9-26)16(11-5-2-3-6-13(11)22)17(18(29)14-7-4-8-32-14)20(30,27-19)21(23,24)25/h2-8,16-17,27,30H,10H2,1H3. The number of methoxy groups -OCH3 is 1. The van der Waals surface area contributed by atoms with Crippen molar-refractivity contribution in [3.05, 3.63) is 67.8 Å². The number of rotatable bonds is 6. The van der Waals surface area contributed by atoms with E-state index in [1.807, 2.05) is 11.4 Å². The molecule has 3 rings (SSSR count). The number of hydrogen-bond acceptors (Lipinski definition) is 8. The van der Waals surface area contributed by atoms with Crippen molar-refractivity contribution in [2.45, 2.75) is 17.8 Å². The molecule has 0 saturated carbocycles. The van der Waals surface area contributed by atoms with Crippen molar-refractivity contribution < 1.29 is 32.6 Å². The van der Waals surface area contributed by atoms with E-state index < -0.39 is 46.3 Å². The predicted molar refractivity (Wildman–Crippen MR) is 118 cm³/mol. The zero-order chi connectivity index (χ0) is 24.4. The van der Waals surface area contributed by atoms with Gasteiger partial charge in [-0.25, -0.2) is 0 Å². The number of aliphatic hydroxyl groups is 1. The topological polar surface area (TPSA) is 99.4 Å². The molecule has 0 saturated heterocycles. The summed E-state index contributed by atoms with van der Waals surface area (Å²) in [6.07, 6.45) is -5.33. The lowest BCUT2D eigenvalue weighted by Gasteiger charge is -2.45. The SMILES string of the molecule is COC(=O)CSC1=C(C#N)C(c2ccccc2Cl)C(C(=O)c2cccs2)C(O)(C(F)(F)F)N1. The first kappa shape index (κ1) is 25.1. The molecule has 6 nitrogen and oxygen atoms in total. The number of carbonyl (C=O) groups excluding carboxylic acids is 2. The molecule has 1 aromatic heterocycles. The van der Waals surface area contributed by atoms with Crippen LogP contribution in [0.4, 0.5) is 13.2 Å². The van der Waals surface area contributed by atoms with Crippen molar-refractivity contribution >= 4 is 46.5 Å². The second kappa shape index (κ2) is 9.77. The Kier molecular flexibility index (Phi) is 7.43. The van der Waals surface area contributed by atoms with E-state index in [0.29, 0.717) is 11.8 Å². The summed E-state index contributed by atoms with van der Waals surface area (Å²) in [5.41, 5.74) is -3.96. The quantitative estimate of drug-likeness (QED) is 0.431. The molecule has 12 heteroatoms. The molecule has 0 bridgehead atoms. The summed E-state index contributed by atoms with van der Waals surface area (Å²) in [7, 11) is 1.10. The van der Waals surface area contributed by atoms with Crippen molar-refractivity contribution in [3.8, 4) is 6.07 Å². The van der Waals surface area contributed by atoms with Crippen LogP contribution in [0.15, 0.2) is 52.4 Å². The third-order valence-corrected chi connectivity index (χ3v) is 7.26. The normalized spacial score (nSPS) is 22.9. The van der Waals surface area contributed by atoms with Gasteiger partial charge >= 0.3 is 12.1 Å². The number of thiophene rings is 1. The van der Waals surface area contributed by atoms with Crippen LogP contribution in [0, 0.1) is 17.2 Å². The minimum absolute atomic E-state index is 0.0166. The Morgan fingerprint density at radius 1 is 1.33 bits per heavy atom. The number of allylic oxidation sites excluding steroid dienone is 1. The predicted octanol–water partition coefficient (Wildman–Crippen LogP) is 4.48. The van der Waals surface area contributed by atoms with Gasteiger partial charge in [0.05, 0.1) is 40.3 Å². The number of nitriles is 1. The van der Waals surface area contributed by atoms with Gasteiger partial charge in [0.1, 0.15) is 0 Å². The average Bonchev–Trinajstić information content (AvgIpc) is 3.31. The van der Waals surface area contributed by atoms with E-state index in [9.17, 15) is 33.1 Å². The first-order valence-electron chi connectivity index (χ1n) is 9.28. The number of benzene rings is 1. The molecule has 1 aromatic carbocycles. The number of hydrogen-bond donors (Lipinski definition) is 2.